The number of hydrogen-bond donors (Lipinski definition) is 0. The zero-order chi connectivity index (χ0) is 12.2. The molecule has 0 bridgehead atoms. The van der Waals surface area contributed by atoms with Crippen molar-refractivity contribution < 1.29 is 8.42 Å². The van der Waals surface area contributed by atoms with Gasteiger partial charge < -0.3 is 0 Å². The Bertz CT molecular complexity index is 349. The van der Waals surface area contributed by atoms with Crippen molar-refractivity contribution in [3.05, 3.63) is 0 Å². The fraction of sp³-hybridized carbons (Fsp3) is 0.909. The monoisotopic (exact) mass is 244 g/mol. The highest BCUT2D eigenvalue weighted by Gasteiger charge is 2.27. The van der Waals surface area contributed by atoms with Crippen molar-refractivity contribution in [3.8, 4) is 6.07 Å². The Hall–Kier alpha value is -0.600. The molecule has 1 fully saturated rings. The van der Waals surface area contributed by atoms with Gasteiger partial charge in [-0.2, -0.15) is 5.26 Å². The predicted molar refractivity (Wildman–Crippen MR) is 63.2 cm³/mol. The number of nitrogens with zero attached hydrogens (tertiary/aromatic N) is 2. The van der Waals surface area contributed by atoms with Crippen LogP contribution in [0.25, 0.3) is 0 Å². The highest BCUT2D eigenvalue weighted by Crippen LogP contribution is 2.19. The fourth-order valence-electron chi connectivity index (χ4n) is 1.78. The molecule has 4 nitrogen and oxygen atoms in total. The topological polar surface area (TPSA) is 61.2 Å². The van der Waals surface area contributed by atoms with Crippen LogP contribution in [0.15, 0.2) is 0 Å². The molecule has 0 aliphatic carbocycles. The molecule has 0 amide bonds. The molecule has 5 heteroatoms. The van der Waals surface area contributed by atoms with Crippen molar-refractivity contribution >= 4 is 10.0 Å². The van der Waals surface area contributed by atoms with E-state index in [0.29, 0.717) is 38.3 Å². The fourth-order valence-corrected chi connectivity index (χ4v) is 3.57. The summed E-state index contributed by atoms with van der Waals surface area (Å²) >= 11 is 0. The summed E-state index contributed by atoms with van der Waals surface area (Å²) in [5, 5.41) is 8.74. The van der Waals surface area contributed by atoms with Gasteiger partial charge in [-0.15, -0.1) is 0 Å². The van der Waals surface area contributed by atoms with Crippen LogP contribution in [0.1, 0.15) is 33.1 Å². The van der Waals surface area contributed by atoms with Gasteiger partial charge in [-0.25, -0.2) is 12.7 Å². The molecule has 0 atom stereocenters. The van der Waals surface area contributed by atoms with Gasteiger partial charge in [0.2, 0.25) is 10.0 Å². The lowest BCUT2D eigenvalue weighted by Gasteiger charge is -2.28. The summed E-state index contributed by atoms with van der Waals surface area (Å²) in [6.07, 6.45) is 2.06. The lowest BCUT2D eigenvalue weighted by atomic mass is 10.0. The second-order valence-corrected chi connectivity index (χ2v) is 6.89. The van der Waals surface area contributed by atoms with Gasteiger partial charge in [0.1, 0.15) is 0 Å². The van der Waals surface area contributed by atoms with Crippen molar-refractivity contribution in [3.63, 3.8) is 0 Å². The van der Waals surface area contributed by atoms with E-state index in [1.165, 1.54) is 0 Å². The highest BCUT2D eigenvalue weighted by molar-refractivity contribution is 7.89. The average molecular weight is 244 g/mol. The molecule has 1 saturated heterocycles. The van der Waals surface area contributed by atoms with Crippen LogP contribution in [0.3, 0.4) is 0 Å². The van der Waals surface area contributed by atoms with E-state index in [9.17, 15) is 8.42 Å². The Morgan fingerprint density at radius 2 is 1.94 bits per heavy atom. The third-order valence-corrected chi connectivity index (χ3v) is 4.89. The Morgan fingerprint density at radius 3 is 2.38 bits per heavy atom. The maximum atomic E-state index is 11.9. The van der Waals surface area contributed by atoms with Crippen LogP contribution < -0.4 is 0 Å². The first-order valence-electron chi connectivity index (χ1n) is 5.83. The molecular formula is C11H20N2O2S. The molecule has 92 valence electrons. The number of piperidine rings is 1. The highest BCUT2D eigenvalue weighted by atomic mass is 32.2. The molecule has 0 radical (unpaired) electrons. The summed E-state index contributed by atoms with van der Waals surface area (Å²) in [7, 11) is -3.09. The smallest absolute Gasteiger partial charge is 0.212 e. The summed E-state index contributed by atoms with van der Waals surface area (Å²) in [5.74, 6) is 0.685. The normalized spacial score (nSPS) is 19.9. The quantitative estimate of drug-likeness (QED) is 0.754. The molecule has 0 spiro atoms. The molecule has 0 unspecified atom stereocenters. The van der Waals surface area contributed by atoms with E-state index in [0.717, 1.165) is 0 Å². The Kier molecular flexibility index (Phi) is 4.75. The van der Waals surface area contributed by atoms with Gasteiger partial charge in [0.15, 0.2) is 0 Å². The van der Waals surface area contributed by atoms with Crippen LogP contribution in [0.2, 0.25) is 0 Å². The van der Waals surface area contributed by atoms with E-state index in [1.807, 2.05) is 13.8 Å². The minimum Gasteiger partial charge on any atom is -0.212 e. The van der Waals surface area contributed by atoms with Gasteiger partial charge in [0.05, 0.1) is 11.8 Å². The van der Waals surface area contributed by atoms with Crippen molar-refractivity contribution in [2.24, 2.45) is 11.8 Å². The average Bonchev–Trinajstić information content (AvgIpc) is 2.27. The van der Waals surface area contributed by atoms with Crippen LogP contribution in [0, 0.1) is 23.2 Å². The minimum atomic E-state index is -3.09. The molecule has 1 aliphatic heterocycles. The molecule has 1 aliphatic rings. The largest absolute Gasteiger partial charge is 0.214 e. The van der Waals surface area contributed by atoms with Gasteiger partial charge >= 0.3 is 0 Å². The molecular weight excluding hydrogens is 224 g/mol. The SMILES string of the molecule is CC(C)CCS(=O)(=O)N1CCC(C#N)CC1. The van der Waals surface area contributed by atoms with Crippen LogP contribution in [0.4, 0.5) is 0 Å². The number of rotatable bonds is 4. The van der Waals surface area contributed by atoms with Gasteiger partial charge in [0, 0.05) is 19.0 Å². The molecule has 0 aromatic rings. The first-order valence-corrected chi connectivity index (χ1v) is 7.44. The van der Waals surface area contributed by atoms with Gasteiger partial charge in [-0.1, -0.05) is 13.8 Å². The Morgan fingerprint density at radius 1 is 1.38 bits per heavy atom. The minimum absolute atomic E-state index is 0.0385. The van der Waals surface area contributed by atoms with Gasteiger partial charge in [-0.3, -0.25) is 0 Å². The van der Waals surface area contributed by atoms with Crippen molar-refractivity contribution in [2.45, 2.75) is 33.1 Å². The molecule has 16 heavy (non-hydrogen) atoms. The number of sulfonamides is 1. The second kappa shape index (κ2) is 5.65. The maximum absolute atomic E-state index is 11.9. The van der Waals surface area contributed by atoms with Crippen molar-refractivity contribution in [1.82, 2.24) is 4.31 Å². The Labute approximate surface area is 98.3 Å². The summed E-state index contributed by atoms with van der Waals surface area (Å²) in [4.78, 5) is 0. The summed E-state index contributed by atoms with van der Waals surface area (Å²) in [6, 6.07) is 2.20. The molecule has 1 rings (SSSR count). The van der Waals surface area contributed by atoms with E-state index in [1.54, 1.807) is 4.31 Å². The van der Waals surface area contributed by atoms with Crippen molar-refractivity contribution in [1.29, 1.82) is 5.26 Å². The zero-order valence-corrected chi connectivity index (χ0v) is 10.8. The second-order valence-electron chi connectivity index (χ2n) is 4.80. The lowest BCUT2D eigenvalue weighted by molar-refractivity contribution is 0.309. The summed E-state index contributed by atoms with van der Waals surface area (Å²) in [6.45, 7) is 5.08. The molecule has 1 heterocycles. The standard InChI is InChI=1S/C11H20N2O2S/c1-10(2)5-8-16(14,15)13-6-3-11(9-12)4-7-13/h10-11H,3-8H2,1-2H3. The zero-order valence-electron chi connectivity index (χ0n) is 10.0. The van der Waals surface area contributed by atoms with E-state index in [-0.39, 0.29) is 11.7 Å². The molecule has 0 aromatic carbocycles. The predicted octanol–water partition coefficient (Wildman–Crippen LogP) is 1.60. The van der Waals surface area contributed by atoms with Crippen LogP contribution in [-0.4, -0.2) is 31.6 Å². The van der Waals surface area contributed by atoms with Crippen LogP contribution in [0.5, 0.6) is 0 Å². The number of hydrogen-bond acceptors (Lipinski definition) is 3. The van der Waals surface area contributed by atoms with E-state index < -0.39 is 10.0 Å². The Balaban J connectivity index is 2.49. The number of nitriles is 1. The third-order valence-electron chi connectivity index (χ3n) is 2.98. The van der Waals surface area contributed by atoms with Crippen molar-refractivity contribution in [2.75, 3.05) is 18.8 Å². The third kappa shape index (κ3) is 3.76. The summed E-state index contributed by atoms with van der Waals surface area (Å²) in [5.41, 5.74) is 0. The molecule has 0 saturated carbocycles. The van der Waals surface area contributed by atoms with Crippen LogP contribution >= 0.6 is 0 Å². The lowest BCUT2D eigenvalue weighted by Crippen LogP contribution is -2.39. The van der Waals surface area contributed by atoms with E-state index in [4.69, 9.17) is 5.26 Å². The first kappa shape index (κ1) is 13.5. The molecule has 0 N–H and O–H groups in total. The summed E-state index contributed by atoms with van der Waals surface area (Å²) < 4.78 is 25.4. The first-order chi connectivity index (χ1) is 7.45. The van der Waals surface area contributed by atoms with Gasteiger partial charge in [-0.05, 0) is 25.2 Å². The van der Waals surface area contributed by atoms with E-state index >= 15 is 0 Å². The molecule has 0 aromatic heterocycles. The van der Waals surface area contributed by atoms with E-state index in [2.05, 4.69) is 6.07 Å². The van der Waals surface area contributed by atoms with Gasteiger partial charge in [0.25, 0.3) is 0 Å². The van der Waals surface area contributed by atoms with Crippen LogP contribution in [-0.2, 0) is 10.0 Å². The maximum Gasteiger partial charge on any atom is 0.214 e.